The zero-order valence-electron chi connectivity index (χ0n) is 13.9. The van der Waals surface area contributed by atoms with Gasteiger partial charge in [-0.3, -0.25) is 10.2 Å². The summed E-state index contributed by atoms with van der Waals surface area (Å²) >= 11 is 0.240. The summed E-state index contributed by atoms with van der Waals surface area (Å²) < 4.78 is 77.7. The number of hydrogen-bond acceptors (Lipinski definition) is 6. The molecule has 14 heteroatoms. The highest BCUT2D eigenvalue weighted by Gasteiger charge is 2.36. The van der Waals surface area contributed by atoms with Crippen molar-refractivity contribution < 1.29 is 35.9 Å². The number of urea groups is 1. The number of halogens is 6. The monoisotopic (exact) mass is 421 g/mol. The number of amides is 2. The summed E-state index contributed by atoms with van der Waals surface area (Å²) in [5.74, 6) is 0. The van der Waals surface area contributed by atoms with Crippen LogP contribution in [-0.2, 0) is 10.9 Å². The molecule has 0 aromatic carbocycles. The van der Waals surface area contributed by atoms with Crippen LogP contribution in [0.2, 0.25) is 0 Å². The number of nitrogens with zero attached hydrogens (tertiary/aromatic N) is 4. The third kappa shape index (κ3) is 7.46. The van der Waals surface area contributed by atoms with E-state index in [9.17, 15) is 31.1 Å². The topological polar surface area (TPSA) is 70.6 Å². The summed E-state index contributed by atoms with van der Waals surface area (Å²) in [6, 6.07) is -0.576. The highest BCUT2D eigenvalue weighted by atomic mass is 32.1. The third-order valence-corrected chi connectivity index (χ3v) is 4.45. The molecular formula is C13H17F6N5O2S. The van der Waals surface area contributed by atoms with Gasteiger partial charge in [-0.2, -0.15) is 26.3 Å². The zero-order valence-corrected chi connectivity index (χ0v) is 14.8. The van der Waals surface area contributed by atoms with Crippen LogP contribution in [0.15, 0.2) is 0 Å². The Hall–Kier alpha value is -1.67. The van der Waals surface area contributed by atoms with E-state index in [0.717, 1.165) is 0 Å². The molecule has 0 saturated carbocycles. The molecule has 1 aliphatic rings. The lowest BCUT2D eigenvalue weighted by Crippen LogP contribution is -2.50. The molecule has 2 amide bonds. The first-order valence-corrected chi connectivity index (χ1v) is 8.70. The summed E-state index contributed by atoms with van der Waals surface area (Å²) in [6.07, 6.45) is -8.53. The van der Waals surface area contributed by atoms with Crippen LogP contribution >= 0.6 is 11.3 Å². The van der Waals surface area contributed by atoms with Crippen LogP contribution in [0.3, 0.4) is 0 Å². The molecule has 154 valence electrons. The highest BCUT2D eigenvalue weighted by Crippen LogP contribution is 2.33. The Balaban J connectivity index is 1.66. The summed E-state index contributed by atoms with van der Waals surface area (Å²) in [4.78, 5) is 15.4. The van der Waals surface area contributed by atoms with E-state index >= 15 is 0 Å². The molecule has 1 aliphatic heterocycles. The Bertz CT molecular complexity index is 615. The van der Waals surface area contributed by atoms with Crippen LogP contribution < -0.4 is 5.32 Å². The maximum Gasteiger partial charge on any atom is 0.445 e. The first-order chi connectivity index (χ1) is 12.5. The Labute approximate surface area is 154 Å². The fourth-order valence-corrected chi connectivity index (χ4v) is 2.91. The number of rotatable bonds is 6. The minimum atomic E-state index is -4.61. The number of carbonyl (C=O) groups excluding carboxylic acids is 1. The van der Waals surface area contributed by atoms with Gasteiger partial charge in [0.2, 0.25) is 10.1 Å². The Kier molecular flexibility index (Phi) is 7.22. The average molecular weight is 421 g/mol. The number of anilines is 1. The van der Waals surface area contributed by atoms with Crippen molar-refractivity contribution in [2.45, 2.75) is 18.8 Å². The van der Waals surface area contributed by atoms with Crippen molar-refractivity contribution in [2.24, 2.45) is 0 Å². The second-order valence-electron chi connectivity index (χ2n) is 5.69. The molecule has 0 radical (unpaired) electrons. The van der Waals surface area contributed by atoms with E-state index in [1.165, 1.54) is 4.90 Å². The van der Waals surface area contributed by atoms with Gasteiger partial charge < -0.3 is 9.64 Å². The minimum Gasteiger partial charge on any atom is -0.372 e. The molecule has 2 heterocycles. The van der Waals surface area contributed by atoms with Crippen molar-refractivity contribution in [2.75, 3.05) is 51.3 Å². The molecule has 0 atom stereocenters. The molecule has 0 bridgehead atoms. The van der Waals surface area contributed by atoms with E-state index in [0.29, 0.717) is 39.1 Å². The standard InChI is InChI=1S/C13H17F6N5O2S/c14-12(15,16)8-26-7-1-2-23-3-5-24(6-4-23)11(25)20-10-22-21-9(27-10)13(17,18)19/h1-8H2,(H,20,22,25). The Morgan fingerprint density at radius 3 is 2.33 bits per heavy atom. The zero-order chi connectivity index (χ0) is 20.1. The van der Waals surface area contributed by atoms with Crippen molar-refractivity contribution >= 4 is 22.5 Å². The lowest BCUT2D eigenvalue weighted by Gasteiger charge is -2.34. The molecular weight excluding hydrogens is 404 g/mol. The molecule has 1 saturated heterocycles. The van der Waals surface area contributed by atoms with E-state index in [4.69, 9.17) is 0 Å². The van der Waals surface area contributed by atoms with Gasteiger partial charge in [-0.15, -0.1) is 10.2 Å². The van der Waals surface area contributed by atoms with Gasteiger partial charge in [0.15, 0.2) is 0 Å². The van der Waals surface area contributed by atoms with Crippen LogP contribution in [0, 0.1) is 0 Å². The predicted octanol–water partition coefficient (Wildman–Crippen LogP) is 2.68. The van der Waals surface area contributed by atoms with Crippen molar-refractivity contribution in [3.05, 3.63) is 5.01 Å². The Morgan fingerprint density at radius 1 is 1.11 bits per heavy atom. The molecule has 2 rings (SSSR count). The molecule has 0 aliphatic carbocycles. The van der Waals surface area contributed by atoms with Gasteiger partial charge in [0.25, 0.3) is 0 Å². The molecule has 27 heavy (non-hydrogen) atoms. The molecule has 1 N–H and O–H groups in total. The van der Waals surface area contributed by atoms with Crippen LogP contribution in [0.25, 0.3) is 0 Å². The number of hydrogen-bond donors (Lipinski definition) is 1. The average Bonchev–Trinajstić information content (AvgIpc) is 3.03. The van der Waals surface area contributed by atoms with E-state index in [1.54, 1.807) is 0 Å². The predicted molar refractivity (Wildman–Crippen MR) is 83.4 cm³/mol. The summed E-state index contributed by atoms with van der Waals surface area (Å²) in [5.41, 5.74) is 0. The largest absolute Gasteiger partial charge is 0.445 e. The molecule has 0 spiro atoms. The van der Waals surface area contributed by atoms with Crippen LogP contribution in [0.4, 0.5) is 36.3 Å². The second kappa shape index (κ2) is 9.01. The van der Waals surface area contributed by atoms with Crippen molar-refractivity contribution in [1.82, 2.24) is 20.0 Å². The van der Waals surface area contributed by atoms with Crippen molar-refractivity contribution in [1.29, 1.82) is 0 Å². The molecule has 1 aromatic heterocycles. The van der Waals surface area contributed by atoms with Gasteiger partial charge >= 0.3 is 18.4 Å². The van der Waals surface area contributed by atoms with Gasteiger partial charge in [-0.1, -0.05) is 11.3 Å². The van der Waals surface area contributed by atoms with E-state index in [1.807, 2.05) is 4.90 Å². The second-order valence-corrected chi connectivity index (χ2v) is 6.67. The van der Waals surface area contributed by atoms with E-state index in [2.05, 4.69) is 20.3 Å². The summed E-state index contributed by atoms with van der Waals surface area (Å²) in [6.45, 7) is 0.896. The molecule has 1 aromatic rings. The van der Waals surface area contributed by atoms with Crippen molar-refractivity contribution in [3.63, 3.8) is 0 Å². The van der Waals surface area contributed by atoms with Crippen LogP contribution in [0.5, 0.6) is 0 Å². The molecule has 1 fully saturated rings. The number of piperazine rings is 1. The fraction of sp³-hybridized carbons (Fsp3) is 0.769. The maximum atomic E-state index is 12.5. The Morgan fingerprint density at radius 2 is 1.78 bits per heavy atom. The number of aromatic nitrogens is 2. The fourth-order valence-electron chi connectivity index (χ4n) is 2.31. The third-order valence-electron chi connectivity index (χ3n) is 3.57. The first kappa shape index (κ1) is 21.6. The van der Waals surface area contributed by atoms with Gasteiger partial charge in [-0.25, -0.2) is 4.79 Å². The molecule has 7 nitrogen and oxygen atoms in total. The number of alkyl halides is 6. The molecule has 0 unspecified atom stereocenters. The lowest BCUT2D eigenvalue weighted by atomic mass is 10.3. The van der Waals surface area contributed by atoms with Gasteiger partial charge in [-0.05, 0) is 6.42 Å². The van der Waals surface area contributed by atoms with Gasteiger partial charge in [0.1, 0.15) is 6.61 Å². The van der Waals surface area contributed by atoms with Crippen LogP contribution in [-0.4, -0.2) is 78.1 Å². The summed E-state index contributed by atoms with van der Waals surface area (Å²) in [7, 11) is 0. The normalized spacial score (nSPS) is 16.6. The number of nitrogens with one attached hydrogen (secondary N) is 1. The van der Waals surface area contributed by atoms with E-state index < -0.39 is 30.0 Å². The van der Waals surface area contributed by atoms with Gasteiger partial charge in [0.05, 0.1) is 0 Å². The maximum absolute atomic E-state index is 12.5. The van der Waals surface area contributed by atoms with E-state index in [-0.39, 0.29) is 23.1 Å². The first-order valence-electron chi connectivity index (χ1n) is 7.88. The smallest absolute Gasteiger partial charge is 0.372 e. The lowest BCUT2D eigenvalue weighted by molar-refractivity contribution is -0.174. The highest BCUT2D eigenvalue weighted by molar-refractivity contribution is 7.15. The SMILES string of the molecule is O=C(Nc1nnc(C(F)(F)F)s1)N1CCN(CCCOCC(F)(F)F)CC1. The number of carbonyl (C=O) groups is 1. The van der Waals surface area contributed by atoms with Gasteiger partial charge in [0, 0.05) is 39.3 Å². The quantitative estimate of drug-likeness (QED) is 0.565. The van der Waals surface area contributed by atoms with Crippen molar-refractivity contribution in [3.8, 4) is 0 Å². The van der Waals surface area contributed by atoms with Crippen LogP contribution in [0.1, 0.15) is 11.4 Å². The minimum absolute atomic E-state index is 0.0151. The summed E-state index contributed by atoms with van der Waals surface area (Å²) in [5, 5.41) is 7.17. The number of ether oxygens (including phenoxy) is 1.